The molecule has 1 aromatic rings. The number of guanidine groups is 1. The molecular weight excluding hydrogens is 439 g/mol. The lowest BCUT2D eigenvalue weighted by Gasteiger charge is -2.15. The summed E-state index contributed by atoms with van der Waals surface area (Å²) in [5.74, 6) is 1.27. The molecule has 1 unspecified atom stereocenters. The molecule has 1 rings (SSSR count). The molecule has 0 aliphatic heterocycles. The molecule has 138 valence electrons. The zero-order chi connectivity index (χ0) is 16.9. The molecule has 5 nitrogen and oxygen atoms in total. The number of hydrogen-bond acceptors (Lipinski definition) is 3. The van der Waals surface area contributed by atoms with Crippen molar-refractivity contribution in [1.29, 1.82) is 0 Å². The Morgan fingerprint density at radius 1 is 1.29 bits per heavy atom. The van der Waals surface area contributed by atoms with Crippen LogP contribution >= 0.6 is 35.6 Å². The van der Waals surface area contributed by atoms with Crippen molar-refractivity contribution in [3.8, 4) is 0 Å². The zero-order valence-corrected chi connectivity index (χ0v) is 17.7. The van der Waals surface area contributed by atoms with Crippen molar-refractivity contribution in [1.82, 2.24) is 15.6 Å². The van der Waals surface area contributed by atoms with E-state index in [1.165, 1.54) is 0 Å². The summed E-state index contributed by atoms with van der Waals surface area (Å²) < 4.78 is 0. The number of pyridine rings is 1. The van der Waals surface area contributed by atoms with Crippen LogP contribution in [0.1, 0.15) is 38.7 Å². The maximum atomic E-state index is 9.12. The Morgan fingerprint density at radius 2 is 2.08 bits per heavy atom. The molecule has 0 aliphatic rings. The second-order valence-corrected chi connectivity index (χ2v) is 5.94. The molecule has 1 heterocycles. The molecule has 0 amide bonds. The van der Waals surface area contributed by atoms with Crippen LogP contribution < -0.4 is 10.6 Å². The van der Waals surface area contributed by atoms with Gasteiger partial charge in [0, 0.05) is 32.4 Å². The minimum Gasteiger partial charge on any atom is -0.396 e. The number of halogens is 2. The van der Waals surface area contributed by atoms with Crippen molar-refractivity contribution in [3.63, 3.8) is 0 Å². The highest BCUT2D eigenvalue weighted by atomic mass is 127. The second-order valence-electron chi connectivity index (χ2n) is 5.55. The third kappa shape index (κ3) is 10.3. The predicted molar refractivity (Wildman–Crippen MR) is 112 cm³/mol. The molecule has 24 heavy (non-hydrogen) atoms. The van der Waals surface area contributed by atoms with Crippen LogP contribution in [0.15, 0.2) is 23.3 Å². The van der Waals surface area contributed by atoms with Crippen LogP contribution in [0.4, 0.5) is 0 Å². The molecule has 0 aliphatic carbocycles. The molecule has 7 heteroatoms. The molecule has 3 N–H and O–H groups in total. The fourth-order valence-electron chi connectivity index (χ4n) is 2.36. The first-order chi connectivity index (χ1) is 11.2. The number of hydrogen-bond donors (Lipinski definition) is 3. The van der Waals surface area contributed by atoms with Crippen molar-refractivity contribution in [3.05, 3.63) is 29.0 Å². The Balaban J connectivity index is 0.00000529. The fraction of sp³-hybridized carbons (Fsp3) is 0.647. The molecule has 0 spiro atoms. The Labute approximate surface area is 167 Å². The molecular formula is C17H30ClIN4O. The third-order valence-electron chi connectivity index (χ3n) is 3.58. The largest absolute Gasteiger partial charge is 0.396 e. The van der Waals surface area contributed by atoms with Crippen LogP contribution in [0.3, 0.4) is 0 Å². The Kier molecular flexibility index (Phi) is 14.4. The summed E-state index contributed by atoms with van der Waals surface area (Å²) in [5.41, 5.74) is 1.14. The van der Waals surface area contributed by atoms with Crippen LogP contribution in [0.5, 0.6) is 0 Å². The normalized spacial score (nSPS) is 12.4. The first kappa shape index (κ1) is 23.4. The fourth-order valence-corrected chi connectivity index (χ4v) is 2.47. The lowest BCUT2D eigenvalue weighted by molar-refractivity contribution is 0.253. The van der Waals surface area contributed by atoms with E-state index in [4.69, 9.17) is 16.7 Å². The van der Waals surface area contributed by atoms with Crippen molar-refractivity contribution in [2.24, 2.45) is 10.9 Å². The van der Waals surface area contributed by atoms with Gasteiger partial charge in [-0.3, -0.25) is 4.99 Å². The highest BCUT2D eigenvalue weighted by molar-refractivity contribution is 14.0. The van der Waals surface area contributed by atoms with Crippen molar-refractivity contribution >= 4 is 41.5 Å². The van der Waals surface area contributed by atoms with Gasteiger partial charge in [0.25, 0.3) is 0 Å². The lowest BCUT2D eigenvalue weighted by atomic mass is 10.0. The maximum Gasteiger partial charge on any atom is 0.191 e. The summed E-state index contributed by atoms with van der Waals surface area (Å²) in [6.07, 6.45) is 5.69. The monoisotopic (exact) mass is 468 g/mol. The average Bonchev–Trinajstić information content (AvgIpc) is 2.54. The van der Waals surface area contributed by atoms with Crippen LogP contribution in [0.2, 0.25) is 5.15 Å². The summed E-state index contributed by atoms with van der Waals surface area (Å²) in [7, 11) is 0. The molecule has 0 fully saturated rings. The van der Waals surface area contributed by atoms with Crippen LogP contribution in [-0.2, 0) is 6.42 Å². The van der Waals surface area contributed by atoms with Crippen molar-refractivity contribution in [2.75, 3.05) is 26.2 Å². The van der Waals surface area contributed by atoms with Gasteiger partial charge in [0.2, 0.25) is 0 Å². The number of aliphatic hydroxyl groups is 1. The van der Waals surface area contributed by atoms with E-state index in [2.05, 4.69) is 34.5 Å². The standard InChI is InChI=1S/C17H29ClN4O.HI/c1-3-5-14(9-11-23)13-22-17(19-4-2)20-10-8-15-6-7-16(18)21-12-15;/h6-7,12,14,23H,3-5,8-11,13H2,1-2H3,(H2,19,20,22);1H. The summed E-state index contributed by atoms with van der Waals surface area (Å²) in [6.45, 7) is 6.80. The van der Waals surface area contributed by atoms with E-state index >= 15 is 0 Å². The van der Waals surface area contributed by atoms with Crippen molar-refractivity contribution in [2.45, 2.75) is 39.5 Å². The number of nitrogens with zero attached hydrogens (tertiary/aromatic N) is 2. The molecule has 1 atom stereocenters. The van der Waals surface area contributed by atoms with Gasteiger partial charge in [-0.1, -0.05) is 31.0 Å². The van der Waals surface area contributed by atoms with E-state index in [-0.39, 0.29) is 30.6 Å². The zero-order valence-electron chi connectivity index (χ0n) is 14.6. The molecule has 0 saturated heterocycles. The Hall–Kier alpha value is -0.600. The molecule has 0 aromatic carbocycles. The summed E-state index contributed by atoms with van der Waals surface area (Å²) in [5, 5.41) is 16.2. The number of nitrogens with one attached hydrogen (secondary N) is 2. The first-order valence-electron chi connectivity index (χ1n) is 8.43. The van der Waals surface area contributed by atoms with Gasteiger partial charge in [0.1, 0.15) is 5.15 Å². The quantitative estimate of drug-likeness (QED) is 0.213. The van der Waals surface area contributed by atoms with Gasteiger partial charge in [-0.2, -0.15) is 0 Å². The molecule has 1 aromatic heterocycles. The number of aromatic nitrogens is 1. The summed E-state index contributed by atoms with van der Waals surface area (Å²) in [4.78, 5) is 8.72. The minimum atomic E-state index is 0. The molecule has 0 bridgehead atoms. The Morgan fingerprint density at radius 3 is 2.67 bits per heavy atom. The summed E-state index contributed by atoms with van der Waals surface area (Å²) >= 11 is 5.79. The summed E-state index contributed by atoms with van der Waals surface area (Å²) in [6, 6.07) is 3.79. The average molecular weight is 469 g/mol. The number of rotatable bonds is 10. The highest BCUT2D eigenvalue weighted by Gasteiger charge is 2.07. The van der Waals surface area contributed by atoms with E-state index < -0.39 is 0 Å². The van der Waals surface area contributed by atoms with Crippen molar-refractivity contribution < 1.29 is 5.11 Å². The van der Waals surface area contributed by atoms with Gasteiger partial charge >= 0.3 is 0 Å². The topological polar surface area (TPSA) is 69.5 Å². The smallest absolute Gasteiger partial charge is 0.191 e. The van der Waals surface area contributed by atoms with Gasteiger partial charge in [0.05, 0.1) is 0 Å². The maximum absolute atomic E-state index is 9.12. The van der Waals surface area contributed by atoms with E-state index in [1.807, 2.05) is 6.07 Å². The third-order valence-corrected chi connectivity index (χ3v) is 3.80. The predicted octanol–water partition coefficient (Wildman–Crippen LogP) is 3.25. The van der Waals surface area contributed by atoms with E-state index in [9.17, 15) is 0 Å². The number of aliphatic hydroxyl groups excluding tert-OH is 1. The Bertz CT molecular complexity index is 450. The highest BCUT2D eigenvalue weighted by Crippen LogP contribution is 2.11. The van der Waals surface area contributed by atoms with Crippen LogP contribution in [-0.4, -0.2) is 42.3 Å². The van der Waals surface area contributed by atoms with Crippen LogP contribution in [0, 0.1) is 5.92 Å². The SMILES string of the molecule is CCCC(CCO)CN=C(NCC)NCCc1ccc(Cl)nc1.I. The molecule has 0 saturated carbocycles. The van der Waals surface area contributed by atoms with E-state index in [1.54, 1.807) is 12.3 Å². The van der Waals surface area contributed by atoms with Gasteiger partial charge in [-0.15, -0.1) is 24.0 Å². The van der Waals surface area contributed by atoms with Gasteiger partial charge in [0.15, 0.2) is 5.96 Å². The first-order valence-corrected chi connectivity index (χ1v) is 8.80. The van der Waals surface area contributed by atoms with Gasteiger partial charge in [-0.05, 0) is 43.7 Å². The number of aliphatic imine (C=N–C) groups is 1. The van der Waals surface area contributed by atoms with Crippen LogP contribution in [0.25, 0.3) is 0 Å². The van der Waals surface area contributed by atoms with E-state index in [0.717, 1.165) is 56.8 Å². The van der Waals surface area contributed by atoms with E-state index in [0.29, 0.717) is 11.1 Å². The molecule has 0 radical (unpaired) electrons. The minimum absolute atomic E-state index is 0. The van der Waals surface area contributed by atoms with Gasteiger partial charge in [-0.25, -0.2) is 4.98 Å². The second kappa shape index (κ2) is 14.7. The lowest BCUT2D eigenvalue weighted by Crippen LogP contribution is -2.38. The van der Waals surface area contributed by atoms with Gasteiger partial charge < -0.3 is 15.7 Å².